The normalized spacial score (nSPS) is 12.8. The molecular formula is C13H23NO4S2. The van der Waals surface area contributed by atoms with E-state index < -0.39 is 10.0 Å². The Balaban J connectivity index is 2.77. The third-order valence-electron chi connectivity index (χ3n) is 3.09. The summed E-state index contributed by atoms with van der Waals surface area (Å²) >= 11 is 1.30. The standard InChI is InChI=1S/C13H23NO4S2/c1-10-12(7-11(8-15)19-10)20(16,17)14-9-13(2,3)5-6-18-4/h7,14-15H,5-6,8-9H2,1-4H3. The zero-order chi connectivity index (χ0) is 15.4. The van der Waals surface area contributed by atoms with Crippen LogP contribution in [-0.4, -0.2) is 33.8 Å². The van der Waals surface area contributed by atoms with Crippen molar-refractivity contribution in [2.45, 2.75) is 38.7 Å². The summed E-state index contributed by atoms with van der Waals surface area (Å²) < 4.78 is 32.2. The molecule has 1 rings (SSSR count). The minimum Gasteiger partial charge on any atom is -0.391 e. The first-order valence-corrected chi connectivity index (χ1v) is 8.70. The van der Waals surface area contributed by atoms with Crippen molar-refractivity contribution < 1.29 is 18.3 Å². The summed E-state index contributed by atoms with van der Waals surface area (Å²) in [4.78, 5) is 1.60. The number of nitrogens with one attached hydrogen (secondary N) is 1. The van der Waals surface area contributed by atoms with Gasteiger partial charge in [0, 0.05) is 30.0 Å². The highest BCUT2D eigenvalue weighted by molar-refractivity contribution is 7.89. The van der Waals surface area contributed by atoms with Crippen LogP contribution < -0.4 is 4.72 Å². The van der Waals surface area contributed by atoms with Gasteiger partial charge in [-0.15, -0.1) is 11.3 Å². The second-order valence-electron chi connectivity index (χ2n) is 5.52. The molecule has 0 spiro atoms. The van der Waals surface area contributed by atoms with Gasteiger partial charge in [-0.2, -0.15) is 0 Å². The van der Waals surface area contributed by atoms with Gasteiger partial charge in [-0.05, 0) is 24.8 Å². The maximum Gasteiger partial charge on any atom is 0.241 e. The second-order valence-corrected chi connectivity index (χ2v) is 8.60. The number of sulfonamides is 1. The number of thiophene rings is 1. The quantitative estimate of drug-likeness (QED) is 0.767. The molecule has 0 amide bonds. The molecule has 1 heterocycles. The summed E-state index contributed by atoms with van der Waals surface area (Å²) in [6.45, 7) is 6.54. The summed E-state index contributed by atoms with van der Waals surface area (Å²) in [7, 11) is -1.90. The molecular weight excluding hydrogens is 298 g/mol. The summed E-state index contributed by atoms with van der Waals surface area (Å²) in [5, 5.41) is 9.08. The summed E-state index contributed by atoms with van der Waals surface area (Å²) in [6.07, 6.45) is 0.774. The third kappa shape index (κ3) is 4.82. The summed E-state index contributed by atoms with van der Waals surface area (Å²) in [5.41, 5.74) is -0.174. The van der Waals surface area contributed by atoms with Crippen LogP contribution in [0.1, 0.15) is 30.0 Å². The number of methoxy groups -OCH3 is 1. The molecule has 0 aliphatic carbocycles. The van der Waals surface area contributed by atoms with Crippen LogP contribution in [0.15, 0.2) is 11.0 Å². The van der Waals surface area contributed by atoms with Crippen LogP contribution >= 0.6 is 11.3 Å². The molecule has 0 aliphatic rings. The first-order chi connectivity index (χ1) is 9.22. The van der Waals surface area contributed by atoms with Crippen LogP contribution in [0, 0.1) is 12.3 Å². The number of rotatable bonds is 8. The molecule has 0 fully saturated rings. The number of aliphatic hydroxyl groups is 1. The predicted octanol–water partition coefficient (Wildman–Crippen LogP) is 1.89. The van der Waals surface area contributed by atoms with E-state index in [0.29, 0.717) is 22.9 Å². The van der Waals surface area contributed by atoms with Gasteiger partial charge in [-0.25, -0.2) is 13.1 Å². The number of hydrogen-bond acceptors (Lipinski definition) is 5. The Hall–Kier alpha value is -0.470. The van der Waals surface area contributed by atoms with E-state index in [9.17, 15) is 8.42 Å². The zero-order valence-electron chi connectivity index (χ0n) is 12.4. The monoisotopic (exact) mass is 321 g/mol. The fourth-order valence-corrected chi connectivity index (χ4v) is 4.44. The van der Waals surface area contributed by atoms with Gasteiger partial charge in [0.2, 0.25) is 10.0 Å². The van der Waals surface area contributed by atoms with Crippen LogP contribution in [0.2, 0.25) is 0 Å². The largest absolute Gasteiger partial charge is 0.391 e. The smallest absolute Gasteiger partial charge is 0.241 e. The molecule has 7 heteroatoms. The van der Waals surface area contributed by atoms with Crippen molar-refractivity contribution in [1.29, 1.82) is 0 Å². The Bertz CT molecular complexity index is 535. The van der Waals surface area contributed by atoms with Crippen LogP contribution in [-0.2, 0) is 21.4 Å². The molecule has 0 saturated heterocycles. The maximum atomic E-state index is 12.3. The summed E-state index contributed by atoms with van der Waals surface area (Å²) in [5.74, 6) is 0. The van der Waals surface area contributed by atoms with Gasteiger partial charge in [0.25, 0.3) is 0 Å². The average Bonchev–Trinajstić information content (AvgIpc) is 2.77. The Kier molecular flexibility index (Phi) is 6.15. The van der Waals surface area contributed by atoms with Crippen molar-refractivity contribution in [3.63, 3.8) is 0 Å². The van der Waals surface area contributed by atoms with Crippen LogP contribution in [0.3, 0.4) is 0 Å². The molecule has 0 bridgehead atoms. The molecule has 5 nitrogen and oxygen atoms in total. The van der Waals surface area contributed by atoms with Crippen LogP contribution in [0.5, 0.6) is 0 Å². The van der Waals surface area contributed by atoms with Crippen molar-refractivity contribution in [2.24, 2.45) is 5.41 Å². The minimum absolute atomic E-state index is 0.139. The topological polar surface area (TPSA) is 75.6 Å². The van der Waals surface area contributed by atoms with E-state index in [-0.39, 0.29) is 16.9 Å². The van der Waals surface area contributed by atoms with E-state index in [1.807, 2.05) is 13.8 Å². The molecule has 0 radical (unpaired) electrons. The lowest BCUT2D eigenvalue weighted by molar-refractivity contribution is 0.153. The molecule has 116 valence electrons. The van der Waals surface area contributed by atoms with Gasteiger partial charge >= 0.3 is 0 Å². The van der Waals surface area contributed by atoms with Crippen LogP contribution in [0.4, 0.5) is 0 Å². The Morgan fingerprint density at radius 3 is 2.60 bits per heavy atom. The van der Waals surface area contributed by atoms with Gasteiger partial charge in [0.05, 0.1) is 11.5 Å². The first kappa shape index (κ1) is 17.6. The Morgan fingerprint density at radius 1 is 1.45 bits per heavy atom. The first-order valence-electron chi connectivity index (χ1n) is 6.40. The SMILES string of the molecule is COCCC(C)(C)CNS(=O)(=O)c1cc(CO)sc1C. The molecule has 0 aromatic carbocycles. The highest BCUT2D eigenvalue weighted by Crippen LogP contribution is 2.26. The van der Waals surface area contributed by atoms with Crippen molar-refractivity contribution in [3.05, 3.63) is 15.8 Å². The third-order valence-corrected chi connectivity index (χ3v) is 5.78. The number of aryl methyl sites for hydroxylation is 1. The zero-order valence-corrected chi connectivity index (χ0v) is 14.0. The van der Waals surface area contributed by atoms with Gasteiger partial charge in [0.15, 0.2) is 0 Å². The highest BCUT2D eigenvalue weighted by Gasteiger charge is 2.24. The average molecular weight is 321 g/mol. The lowest BCUT2D eigenvalue weighted by Gasteiger charge is -2.24. The fourth-order valence-electron chi connectivity index (χ4n) is 1.70. The van der Waals surface area contributed by atoms with E-state index >= 15 is 0 Å². The van der Waals surface area contributed by atoms with E-state index in [1.165, 1.54) is 17.4 Å². The van der Waals surface area contributed by atoms with Crippen molar-refractivity contribution in [2.75, 3.05) is 20.3 Å². The molecule has 0 unspecified atom stereocenters. The number of aliphatic hydroxyl groups excluding tert-OH is 1. The maximum absolute atomic E-state index is 12.3. The van der Waals surface area contributed by atoms with E-state index in [0.717, 1.165) is 6.42 Å². The lowest BCUT2D eigenvalue weighted by atomic mass is 9.90. The summed E-state index contributed by atoms with van der Waals surface area (Å²) in [6, 6.07) is 1.53. The number of ether oxygens (including phenoxy) is 1. The van der Waals surface area contributed by atoms with Crippen molar-refractivity contribution in [3.8, 4) is 0 Å². The molecule has 0 atom stereocenters. The Labute approximate surface area is 125 Å². The molecule has 1 aromatic rings. The molecule has 20 heavy (non-hydrogen) atoms. The van der Waals surface area contributed by atoms with Crippen LogP contribution in [0.25, 0.3) is 0 Å². The van der Waals surface area contributed by atoms with E-state index in [1.54, 1.807) is 14.0 Å². The Morgan fingerprint density at radius 2 is 2.10 bits per heavy atom. The van der Waals surface area contributed by atoms with Crippen molar-refractivity contribution in [1.82, 2.24) is 4.72 Å². The molecule has 0 saturated carbocycles. The second kappa shape index (κ2) is 7.00. The minimum atomic E-state index is -3.53. The van der Waals surface area contributed by atoms with Gasteiger partial charge in [0.1, 0.15) is 0 Å². The van der Waals surface area contributed by atoms with E-state index in [2.05, 4.69) is 4.72 Å². The lowest BCUT2D eigenvalue weighted by Crippen LogP contribution is -2.34. The molecule has 1 aromatic heterocycles. The predicted molar refractivity (Wildman–Crippen MR) is 80.4 cm³/mol. The van der Waals surface area contributed by atoms with Gasteiger partial charge in [-0.3, -0.25) is 0 Å². The van der Waals surface area contributed by atoms with E-state index in [4.69, 9.17) is 9.84 Å². The van der Waals surface area contributed by atoms with Gasteiger partial charge < -0.3 is 9.84 Å². The van der Waals surface area contributed by atoms with Gasteiger partial charge in [-0.1, -0.05) is 13.8 Å². The highest BCUT2D eigenvalue weighted by atomic mass is 32.2. The molecule has 2 N–H and O–H groups in total. The fraction of sp³-hybridized carbons (Fsp3) is 0.692. The molecule has 0 aliphatic heterocycles. The van der Waals surface area contributed by atoms with Crippen molar-refractivity contribution >= 4 is 21.4 Å². The number of hydrogen-bond donors (Lipinski definition) is 2.